The summed E-state index contributed by atoms with van der Waals surface area (Å²) in [6.45, 7) is 4.21. The Morgan fingerprint density at radius 2 is 2.25 bits per heavy atom. The molecule has 1 unspecified atom stereocenters. The Balaban J connectivity index is 1.83. The summed E-state index contributed by atoms with van der Waals surface area (Å²) in [7, 11) is 0. The van der Waals surface area contributed by atoms with Crippen molar-refractivity contribution in [3.05, 3.63) is 17.5 Å². The average molecular weight is 277 g/mol. The molecule has 0 bridgehead atoms. The normalized spacial score (nSPS) is 23.1. The van der Waals surface area contributed by atoms with E-state index in [0.717, 1.165) is 56.5 Å². The lowest BCUT2D eigenvalue weighted by atomic mass is 10.1. The van der Waals surface area contributed by atoms with Crippen LogP contribution in [-0.4, -0.2) is 44.9 Å². The molecule has 1 aromatic heterocycles. The molecule has 1 saturated carbocycles. The van der Waals surface area contributed by atoms with Gasteiger partial charge in [-0.1, -0.05) is 6.92 Å². The number of carbonyl (C=O) groups is 1. The van der Waals surface area contributed by atoms with Crippen molar-refractivity contribution in [3.63, 3.8) is 0 Å². The summed E-state index contributed by atoms with van der Waals surface area (Å²) in [6.07, 6.45) is 6.40. The third-order valence-corrected chi connectivity index (χ3v) is 4.19. The predicted octanol–water partition coefficient (Wildman–Crippen LogP) is 1.77. The summed E-state index contributed by atoms with van der Waals surface area (Å²) in [5.74, 6) is 0.561. The minimum absolute atomic E-state index is 0.0491. The summed E-state index contributed by atoms with van der Waals surface area (Å²) < 4.78 is 2.01. The van der Waals surface area contributed by atoms with Gasteiger partial charge in [-0.25, -0.2) is 0 Å². The molecule has 1 aromatic rings. The fourth-order valence-electron chi connectivity index (χ4n) is 3.05. The van der Waals surface area contributed by atoms with Crippen LogP contribution < -0.4 is 0 Å². The van der Waals surface area contributed by atoms with Gasteiger partial charge in [-0.2, -0.15) is 5.10 Å². The standard InChI is InChI=1S/C15H23N3O2/c1-2-7-18-14(11-5-6-11)13(9-16-18)15(20)17-8-3-4-12(19)10-17/h9,11-12,19H,2-8,10H2,1H3. The molecule has 1 aliphatic heterocycles. The van der Waals surface area contributed by atoms with Crippen molar-refractivity contribution in [2.75, 3.05) is 13.1 Å². The molecule has 0 radical (unpaired) electrons. The maximum Gasteiger partial charge on any atom is 0.257 e. The first-order chi connectivity index (χ1) is 9.70. The number of β-amino-alcohol motifs (C(OH)–C–C–N with tert-alkyl or cyclic N) is 1. The first-order valence-electron chi connectivity index (χ1n) is 7.73. The number of hydrogen-bond acceptors (Lipinski definition) is 3. The number of rotatable bonds is 4. The van der Waals surface area contributed by atoms with E-state index < -0.39 is 0 Å². The van der Waals surface area contributed by atoms with Crippen LogP contribution in [0.1, 0.15) is 61.0 Å². The minimum Gasteiger partial charge on any atom is -0.391 e. The molecule has 1 aliphatic carbocycles. The molecule has 2 fully saturated rings. The van der Waals surface area contributed by atoms with Gasteiger partial charge in [0.2, 0.25) is 0 Å². The van der Waals surface area contributed by atoms with Crippen LogP contribution in [0.2, 0.25) is 0 Å². The van der Waals surface area contributed by atoms with Crippen LogP contribution >= 0.6 is 0 Å². The van der Waals surface area contributed by atoms with Crippen molar-refractivity contribution in [1.29, 1.82) is 0 Å². The van der Waals surface area contributed by atoms with Crippen LogP contribution in [0.3, 0.4) is 0 Å². The van der Waals surface area contributed by atoms with Gasteiger partial charge in [-0.05, 0) is 32.1 Å². The molecule has 1 N–H and O–H groups in total. The fourth-order valence-corrected chi connectivity index (χ4v) is 3.05. The number of carbonyl (C=O) groups excluding carboxylic acids is 1. The molecule has 0 spiro atoms. The first-order valence-corrected chi connectivity index (χ1v) is 7.73. The number of hydrogen-bond donors (Lipinski definition) is 1. The Labute approximate surface area is 119 Å². The Bertz CT molecular complexity index is 493. The second-order valence-electron chi connectivity index (χ2n) is 5.99. The van der Waals surface area contributed by atoms with Gasteiger partial charge in [-0.3, -0.25) is 9.48 Å². The molecule has 1 amide bonds. The molecular weight excluding hydrogens is 254 g/mol. The van der Waals surface area contributed by atoms with Gasteiger partial charge in [0.1, 0.15) is 0 Å². The van der Waals surface area contributed by atoms with Crippen LogP contribution in [-0.2, 0) is 6.54 Å². The number of aromatic nitrogens is 2. The van der Waals surface area contributed by atoms with Gasteiger partial charge in [0.25, 0.3) is 5.91 Å². The highest BCUT2D eigenvalue weighted by Crippen LogP contribution is 2.42. The molecule has 0 aromatic carbocycles. The zero-order valence-corrected chi connectivity index (χ0v) is 12.1. The maximum absolute atomic E-state index is 12.7. The van der Waals surface area contributed by atoms with Crippen molar-refractivity contribution >= 4 is 5.91 Å². The van der Waals surface area contributed by atoms with Gasteiger partial charge in [-0.15, -0.1) is 0 Å². The molecule has 3 rings (SSSR count). The molecule has 2 aliphatic rings. The summed E-state index contributed by atoms with van der Waals surface area (Å²) in [5, 5.41) is 14.1. The number of nitrogens with zero attached hydrogens (tertiary/aromatic N) is 3. The lowest BCUT2D eigenvalue weighted by Crippen LogP contribution is -2.42. The molecule has 5 heteroatoms. The molecule has 1 saturated heterocycles. The highest BCUT2D eigenvalue weighted by Gasteiger charge is 2.34. The molecule has 1 atom stereocenters. The van der Waals surface area contributed by atoms with Crippen LogP contribution in [0.5, 0.6) is 0 Å². The first kappa shape index (κ1) is 13.6. The van der Waals surface area contributed by atoms with Gasteiger partial charge in [0, 0.05) is 25.6 Å². The topological polar surface area (TPSA) is 58.4 Å². The molecule has 20 heavy (non-hydrogen) atoms. The van der Waals surface area contributed by atoms with E-state index in [1.54, 1.807) is 11.1 Å². The molecule has 110 valence electrons. The predicted molar refractivity (Wildman–Crippen MR) is 75.6 cm³/mol. The number of likely N-dealkylation sites (tertiary alicyclic amines) is 1. The highest BCUT2D eigenvalue weighted by molar-refractivity contribution is 5.95. The van der Waals surface area contributed by atoms with Crippen molar-refractivity contribution in [2.45, 2.75) is 57.6 Å². The lowest BCUT2D eigenvalue weighted by Gasteiger charge is -2.30. The van der Waals surface area contributed by atoms with E-state index in [0.29, 0.717) is 12.5 Å². The largest absolute Gasteiger partial charge is 0.391 e. The Morgan fingerprint density at radius 1 is 1.45 bits per heavy atom. The summed E-state index contributed by atoms with van der Waals surface area (Å²) >= 11 is 0. The van der Waals surface area contributed by atoms with Crippen molar-refractivity contribution in [1.82, 2.24) is 14.7 Å². The fraction of sp³-hybridized carbons (Fsp3) is 0.733. The summed E-state index contributed by atoms with van der Waals surface area (Å²) in [6, 6.07) is 0. The smallest absolute Gasteiger partial charge is 0.257 e. The summed E-state index contributed by atoms with van der Waals surface area (Å²) in [4.78, 5) is 14.5. The zero-order chi connectivity index (χ0) is 14.1. The number of aryl methyl sites for hydroxylation is 1. The van der Waals surface area contributed by atoms with Gasteiger partial charge >= 0.3 is 0 Å². The number of piperidine rings is 1. The average Bonchev–Trinajstić information content (AvgIpc) is 3.20. The second-order valence-corrected chi connectivity index (χ2v) is 5.99. The number of aliphatic hydroxyl groups excluding tert-OH is 1. The molecular formula is C15H23N3O2. The zero-order valence-electron chi connectivity index (χ0n) is 12.1. The Morgan fingerprint density at radius 3 is 2.90 bits per heavy atom. The Hall–Kier alpha value is -1.36. The number of aliphatic hydroxyl groups is 1. The SMILES string of the molecule is CCCn1ncc(C(=O)N2CCCC(O)C2)c1C1CC1. The van der Waals surface area contributed by atoms with E-state index in [9.17, 15) is 9.90 Å². The monoisotopic (exact) mass is 277 g/mol. The third kappa shape index (κ3) is 2.59. The summed E-state index contributed by atoms with van der Waals surface area (Å²) in [5.41, 5.74) is 1.88. The van der Waals surface area contributed by atoms with Gasteiger partial charge in [0.05, 0.1) is 23.6 Å². The maximum atomic E-state index is 12.7. The van der Waals surface area contributed by atoms with E-state index in [2.05, 4.69) is 12.0 Å². The van der Waals surface area contributed by atoms with E-state index in [1.807, 2.05) is 4.68 Å². The quantitative estimate of drug-likeness (QED) is 0.912. The second kappa shape index (κ2) is 5.56. The van der Waals surface area contributed by atoms with Crippen molar-refractivity contribution < 1.29 is 9.90 Å². The highest BCUT2D eigenvalue weighted by atomic mass is 16.3. The lowest BCUT2D eigenvalue weighted by molar-refractivity contribution is 0.0472. The van der Waals surface area contributed by atoms with E-state index in [1.165, 1.54) is 0 Å². The number of amides is 1. The van der Waals surface area contributed by atoms with Crippen LogP contribution in [0.4, 0.5) is 0 Å². The van der Waals surface area contributed by atoms with Gasteiger partial charge < -0.3 is 10.0 Å². The third-order valence-electron chi connectivity index (χ3n) is 4.19. The van der Waals surface area contributed by atoms with E-state index in [-0.39, 0.29) is 12.0 Å². The van der Waals surface area contributed by atoms with Crippen molar-refractivity contribution in [3.8, 4) is 0 Å². The van der Waals surface area contributed by atoms with Crippen LogP contribution in [0.15, 0.2) is 6.20 Å². The van der Waals surface area contributed by atoms with E-state index >= 15 is 0 Å². The Kier molecular flexibility index (Phi) is 3.78. The van der Waals surface area contributed by atoms with Crippen molar-refractivity contribution in [2.24, 2.45) is 0 Å². The van der Waals surface area contributed by atoms with Gasteiger partial charge in [0.15, 0.2) is 0 Å². The molecule has 2 heterocycles. The molecule has 5 nitrogen and oxygen atoms in total. The minimum atomic E-state index is -0.372. The van der Waals surface area contributed by atoms with E-state index in [4.69, 9.17) is 0 Å². The van der Waals surface area contributed by atoms with Crippen LogP contribution in [0, 0.1) is 0 Å². The van der Waals surface area contributed by atoms with Crippen LogP contribution in [0.25, 0.3) is 0 Å².